The lowest BCUT2D eigenvalue weighted by molar-refractivity contribution is -0.119. The molecule has 0 spiro atoms. The third-order valence-corrected chi connectivity index (χ3v) is 3.90. The molecule has 1 aromatic heterocycles. The molecule has 0 fully saturated rings. The van der Waals surface area contributed by atoms with Gasteiger partial charge >= 0.3 is 5.97 Å². The number of ether oxygens (including phenoxy) is 1. The highest BCUT2D eigenvalue weighted by molar-refractivity contribution is 7.00. The van der Waals surface area contributed by atoms with Gasteiger partial charge in [0.1, 0.15) is 16.9 Å². The Bertz CT molecular complexity index is 931. The van der Waals surface area contributed by atoms with Crippen molar-refractivity contribution in [3.63, 3.8) is 0 Å². The number of aromatic nitrogens is 2. The summed E-state index contributed by atoms with van der Waals surface area (Å²) in [5.74, 6) is -1.93. The second-order valence-electron chi connectivity index (χ2n) is 4.69. The molecule has 0 aliphatic heterocycles. The number of nitrogens with one attached hydrogen (secondary N) is 1. The van der Waals surface area contributed by atoms with E-state index in [1.54, 1.807) is 18.2 Å². The first kappa shape index (κ1) is 16.3. The van der Waals surface area contributed by atoms with Gasteiger partial charge in [-0.1, -0.05) is 17.7 Å². The van der Waals surface area contributed by atoms with E-state index >= 15 is 0 Å². The van der Waals surface area contributed by atoms with E-state index in [1.807, 2.05) is 0 Å². The van der Waals surface area contributed by atoms with Gasteiger partial charge in [-0.25, -0.2) is 9.18 Å². The zero-order chi connectivity index (χ0) is 17.1. The third kappa shape index (κ3) is 3.50. The molecule has 2 aromatic carbocycles. The Morgan fingerprint density at radius 3 is 2.88 bits per heavy atom. The molecule has 6 nitrogen and oxygen atoms in total. The molecule has 0 saturated carbocycles. The summed E-state index contributed by atoms with van der Waals surface area (Å²) in [5.41, 5.74) is 1.68. The van der Waals surface area contributed by atoms with Gasteiger partial charge in [0.2, 0.25) is 0 Å². The molecule has 0 atom stereocenters. The summed E-state index contributed by atoms with van der Waals surface area (Å²) in [6.07, 6.45) is 0. The molecular formula is C15H9ClFN3O3S. The van der Waals surface area contributed by atoms with Crippen LogP contribution in [-0.4, -0.2) is 27.2 Å². The molecule has 0 aliphatic rings. The maximum Gasteiger partial charge on any atom is 0.340 e. The van der Waals surface area contributed by atoms with Crippen molar-refractivity contribution in [2.24, 2.45) is 0 Å². The molecule has 9 heteroatoms. The molecule has 122 valence electrons. The lowest BCUT2D eigenvalue weighted by Gasteiger charge is -2.07. The molecule has 1 heterocycles. The van der Waals surface area contributed by atoms with Crippen LogP contribution in [0.25, 0.3) is 11.0 Å². The molecular weight excluding hydrogens is 357 g/mol. The number of benzene rings is 2. The van der Waals surface area contributed by atoms with Gasteiger partial charge in [0.25, 0.3) is 5.91 Å². The average molecular weight is 366 g/mol. The minimum Gasteiger partial charge on any atom is -0.452 e. The quantitative estimate of drug-likeness (QED) is 0.717. The molecule has 0 radical (unpaired) electrons. The van der Waals surface area contributed by atoms with Gasteiger partial charge in [0, 0.05) is 0 Å². The largest absolute Gasteiger partial charge is 0.452 e. The fraction of sp³-hybridized carbons (Fsp3) is 0.0667. The van der Waals surface area contributed by atoms with Gasteiger partial charge in [-0.3, -0.25) is 4.79 Å². The maximum atomic E-state index is 13.0. The Morgan fingerprint density at radius 1 is 1.25 bits per heavy atom. The van der Waals surface area contributed by atoms with Gasteiger partial charge in [-0.2, -0.15) is 8.75 Å². The number of esters is 1. The van der Waals surface area contributed by atoms with E-state index < -0.39 is 24.3 Å². The van der Waals surface area contributed by atoms with Crippen LogP contribution < -0.4 is 5.32 Å². The van der Waals surface area contributed by atoms with Gasteiger partial charge < -0.3 is 10.1 Å². The topological polar surface area (TPSA) is 81.2 Å². The summed E-state index contributed by atoms with van der Waals surface area (Å²) in [5, 5.41) is 2.51. The summed E-state index contributed by atoms with van der Waals surface area (Å²) in [6.45, 7) is -0.513. The zero-order valence-corrected chi connectivity index (χ0v) is 13.5. The van der Waals surface area contributed by atoms with E-state index in [1.165, 1.54) is 6.07 Å². The molecule has 0 bridgehead atoms. The second kappa shape index (κ2) is 6.90. The van der Waals surface area contributed by atoms with Crippen molar-refractivity contribution in [1.82, 2.24) is 8.75 Å². The number of halogens is 2. The number of carbonyl (C=O) groups excluding carboxylic acids is 2. The Balaban J connectivity index is 1.63. The monoisotopic (exact) mass is 365 g/mol. The summed E-state index contributed by atoms with van der Waals surface area (Å²) >= 11 is 6.80. The van der Waals surface area contributed by atoms with Gasteiger partial charge in [-0.15, -0.1) is 0 Å². The van der Waals surface area contributed by atoms with Crippen LogP contribution in [0.2, 0.25) is 5.02 Å². The number of fused-ring (bicyclic) bond motifs is 1. The highest BCUT2D eigenvalue weighted by Gasteiger charge is 2.15. The standard InChI is InChI=1S/C15H9ClFN3O3S/c16-10-6-8(17)4-5-9(10)15(22)23-7-13(21)18-11-2-1-3-12-14(11)20-24-19-12/h1-6H,7H2,(H,18,21). The Labute approximate surface area is 144 Å². The first-order chi connectivity index (χ1) is 11.5. The molecule has 0 aliphatic carbocycles. The second-order valence-corrected chi connectivity index (χ2v) is 5.62. The molecule has 1 N–H and O–H groups in total. The lowest BCUT2D eigenvalue weighted by Crippen LogP contribution is -2.21. The lowest BCUT2D eigenvalue weighted by atomic mass is 10.2. The van der Waals surface area contributed by atoms with Crippen LogP contribution in [0.3, 0.4) is 0 Å². The van der Waals surface area contributed by atoms with Crippen LogP contribution >= 0.6 is 23.3 Å². The minimum absolute atomic E-state index is 0.0170. The predicted molar refractivity (Wildman–Crippen MR) is 87.7 cm³/mol. The average Bonchev–Trinajstić information content (AvgIpc) is 3.02. The van der Waals surface area contributed by atoms with E-state index in [2.05, 4.69) is 14.1 Å². The number of hydrogen-bond donors (Lipinski definition) is 1. The molecule has 0 unspecified atom stereocenters. The van der Waals surface area contributed by atoms with Gasteiger partial charge in [0.05, 0.1) is 28.0 Å². The molecule has 1 amide bonds. The fourth-order valence-electron chi connectivity index (χ4n) is 1.96. The molecule has 3 rings (SSSR count). The minimum atomic E-state index is -0.816. The van der Waals surface area contributed by atoms with Crippen LogP contribution in [0, 0.1) is 5.82 Å². The molecule has 0 saturated heterocycles. The van der Waals surface area contributed by atoms with Crippen molar-refractivity contribution in [2.45, 2.75) is 0 Å². The van der Waals surface area contributed by atoms with Crippen molar-refractivity contribution in [3.05, 3.63) is 52.8 Å². The Kier molecular flexibility index (Phi) is 4.68. The zero-order valence-electron chi connectivity index (χ0n) is 12.0. The first-order valence-electron chi connectivity index (χ1n) is 6.68. The summed E-state index contributed by atoms with van der Waals surface area (Å²) in [7, 11) is 0. The van der Waals surface area contributed by atoms with Crippen LogP contribution in [0.1, 0.15) is 10.4 Å². The normalized spacial score (nSPS) is 10.6. The molecule has 3 aromatic rings. The van der Waals surface area contributed by atoms with Crippen molar-refractivity contribution in [1.29, 1.82) is 0 Å². The fourth-order valence-corrected chi connectivity index (χ4v) is 2.75. The number of rotatable bonds is 4. The van der Waals surface area contributed by atoms with Crippen LogP contribution in [0.5, 0.6) is 0 Å². The predicted octanol–water partition coefficient (Wildman–Crippen LogP) is 3.28. The summed E-state index contributed by atoms with van der Waals surface area (Å²) in [6, 6.07) is 8.43. The number of hydrogen-bond acceptors (Lipinski definition) is 6. The number of nitrogens with zero attached hydrogens (tertiary/aromatic N) is 2. The van der Waals surface area contributed by atoms with Crippen molar-refractivity contribution in [3.8, 4) is 0 Å². The van der Waals surface area contributed by atoms with Crippen molar-refractivity contribution in [2.75, 3.05) is 11.9 Å². The Hall–Kier alpha value is -2.58. The number of amides is 1. The Morgan fingerprint density at radius 2 is 2.08 bits per heavy atom. The highest BCUT2D eigenvalue weighted by Crippen LogP contribution is 2.21. The van der Waals surface area contributed by atoms with E-state index in [9.17, 15) is 14.0 Å². The third-order valence-electron chi connectivity index (χ3n) is 3.05. The van der Waals surface area contributed by atoms with Crippen LogP contribution in [0.4, 0.5) is 10.1 Å². The van der Waals surface area contributed by atoms with Crippen molar-refractivity contribution >= 4 is 51.9 Å². The highest BCUT2D eigenvalue weighted by atomic mass is 35.5. The number of anilines is 1. The van der Waals surface area contributed by atoms with Gasteiger partial charge in [-0.05, 0) is 30.3 Å². The molecule has 24 heavy (non-hydrogen) atoms. The number of carbonyl (C=O) groups is 2. The SMILES string of the molecule is O=C(COC(=O)c1ccc(F)cc1Cl)Nc1cccc2nsnc12. The summed E-state index contributed by atoms with van der Waals surface area (Å²) in [4.78, 5) is 23.8. The maximum absolute atomic E-state index is 13.0. The van der Waals surface area contributed by atoms with E-state index in [-0.39, 0.29) is 10.6 Å². The smallest absolute Gasteiger partial charge is 0.340 e. The van der Waals surface area contributed by atoms with Crippen LogP contribution in [-0.2, 0) is 9.53 Å². The van der Waals surface area contributed by atoms with E-state index in [0.29, 0.717) is 16.7 Å². The van der Waals surface area contributed by atoms with Crippen LogP contribution in [0.15, 0.2) is 36.4 Å². The van der Waals surface area contributed by atoms with E-state index in [4.69, 9.17) is 16.3 Å². The van der Waals surface area contributed by atoms with Crippen molar-refractivity contribution < 1.29 is 18.7 Å². The van der Waals surface area contributed by atoms with Gasteiger partial charge in [0.15, 0.2) is 6.61 Å². The summed E-state index contributed by atoms with van der Waals surface area (Å²) < 4.78 is 26.0. The van der Waals surface area contributed by atoms with E-state index in [0.717, 1.165) is 23.9 Å². The first-order valence-corrected chi connectivity index (χ1v) is 7.79.